The summed E-state index contributed by atoms with van der Waals surface area (Å²) < 4.78 is 65.8. The molecule has 0 aliphatic rings. The van der Waals surface area contributed by atoms with Gasteiger partial charge < -0.3 is 0 Å². The number of nitrogens with zero attached hydrogens (tertiary/aromatic N) is 2. The molecule has 5 nitrogen and oxygen atoms in total. The van der Waals surface area contributed by atoms with Crippen molar-refractivity contribution in [2.45, 2.75) is 24.5 Å². The molecule has 0 amide bonds. The number of sulfonamides is 1. The summed E-state index contributed by atoms with van der Waals surface area (Å²) in [5.41, 5.74) is 0.893. The fourth-order valence-corrected chi connectivity index (χ4v) is 3.68. The number of alkyl halides is 3. The number of hydrogen-bond acceptors (Lipinski definition) is 4. The van der Waals surface area contributed by atoms with Gasteiger partial charge in [-0.3, -0.25) is 0 Å². The van der Waals surface area contributed by atoms with Crippen molar-refractivity contribution in [3.05, 3.63) is 77.7 Å². The predicted octanol–water partition coefficient (Wildman–Crippen LogP) is 3.95. The predicted molar refractivity (Wildman–Crippen MR) is 97.7 cm³/mol. The monoisotopic (exact) mass is 407 g/mol. The van der Waals surface area contributed by atoms with Crippen LogP contribution in [0.4, 0.5) is 13.2 Å². The average Bonchev–Trinajstić information content (AvgIpc) is 2.66. The van der Waals surface area contributed by atoms with Crippen molar-refractivity contribution in [1.82, 2.24) is 14.7 Å². The van der Waals surface area contributed by atoms with Crippen LogP contribution in [0.5, 0.6) is 0 Å². The van der Waals surface area contributed by atoms with Gasteiger partial charge in [-0.15, -0.1) is 0 Å². The SMILES string of the molecule is Cc1cccc(S(=O)(=O)NCc2cccc(-c3cc(C(F)(F)F)ncn3)c2)c1. The van der Waals surface area contributed by atoms with E-state index in [9.17, 15) is 21.6 Å². The molecule has 0 radical (unpaired) electrons. The molecule has 9 heteroatoms. The van der Waals surface area contributed by atoms with Gasteiger partial charge in [0.15, 0.2) is 0 Å². The van der Waals surface area contributed by atoms with Crippen molar-refractivity contribution in [3.63, 3.8) is 0 Å². The Bertz CT molecular complexity index is 1100. The fraction of sp³-hybridized carbons (Fsp3) is 0.158. The second kappa shape index (κ2) is 7.69. The molecule has 1 heterocycles. The van der Waals surface area contributed by atoms with Crippen LogP contribution in [0.3, 0.4) is 0 Å². The maximum absolute atomic E-state index is 12.8. The first kappa shape index (κ1) is 20.0. The highest BCUT2D eigenvalue weighted by Gasteiger charge is 2.32. The molecule has 28 heavy (non-hydrogen) atoms. The Morgan fingerprint density at radius 1 is 1.00 bits per heavy atom. The van der Waals surface area contributed by atoms with Crippen LogP contribution < -0.4 is 4.72 Å². The highest BCUT2D eigenvalue weighted by atomic mass is 32.2. The maximum atomic E-state index is 12.8. The van der Waals surface area contributed by atoms with Crippen LogP contribution in [0, 0.1) is 6.92 Å². The zero-order chi connectivity index (χ0) is 20.4. The molecule has 3 aromatic rings. The summed E-state index contributed by atoms with van der Waals surface area (Å²) in [7, 11) is -3.71. The Morgan fingerprint density at radius 3 is 2.46 bits per heavy atom. The molecule has 0 unspecified atom stereocenters. The molecule has 1 N–H and O–H groups in total. The Balaban J connectivity index is 1.81. The van der Waals surface area contributed by atoms with Crippen LogP contribution in [0.25, 0.3) is 11.3 Å². The van der Waals surface area contributed by atoms with Crippen LogP contribution in [0.2, 0.25) is 0 Å². The van der Waals surface area contributed by atoms with Gasteiger partial charge in [0.2, 0.25) is 10.0 Å². The molecule has 146 valence electrons. The minimum atomic E-state index is -4.57. The molecule has 1 aromatic heterocycles. The lowest BCUT2D eigenvalue weighted by molar-refractivity contribution is -0.141. The number of nitrogens with one attached hydrogen (secondary N) is 1. The number of benzene rings is 2. The van der Waals surface area contributed by atoms with Crippen LogP contribution in [0.15, 0.2) is 65.8 Å². The third-order valence-electron chi connectivity index (χ3n) is 3.95. The van der Waals surface area contributed by atoms with Crippen molar-refractivity contribution < 1.29 is 21.6 Å². The summed E-state index contributed by atoms with van der Waals surface area (Å²) in [5, 5.41) is 0. The van der Waals surface area contributed by atoms with Crippen LogP contribution in [0.1, 0.15) is 16.8 Å². The van der Waals surface area contributed by atoms with Gasteiger partial charge in [-0.2, -0.15) is 13.2 Å². The molecule has 3 rings (SSSR count). The van der Waals surface area contributed by atoms with Gasteiger partial charge in [-0.25, -0.2) is 23.1 Å². The van der Waals surface area contributed by atoms with E-state index >= 15 is 0 Å². The lowest BCUT2D eigenvalue weighted by Gasteiger charge is -2.10. The van der Waals surface area contributed by atoms with E-state index in [-0.39, 0.29) is 17.1 Å². The van der Waals surface area contributed by atoms with Gasteiger partial charge in [-0.05, 0) is 42.3 Å². The van der Waals surface area contributed by atoms with E-state index < -0.39 is 21.9 Å². The number of rotatable bonds is 5. The summed E-state index contributed by atoms with van der Waals surface area (Å²) in [6.07, 6.45) is -3.72. The van der Waals surface area contributed by atoms with Crippen molar-refractivity contribution in [1.29, 1.82) is 0 Å². The Kier molecular flexibility index (Phi) is 5.48. The summed E-state index contributed by atoms with van der Waals surface area (Å²) in [5.74, 6) is 0. The van der Waals surface area contributed by atoms with Gasteiger partial charge in [0.25, 0.3) is 0 Å². The zero-order valence-electron chi connectivity index (χ0n) is 14.7. The molecule has 0 aliphatic carbocycles. The summed E-state index contributed by atoms with van der Waals surface area (Å²) >= 11 is 0. The quantitative estimate of drug-likeness (QED) is 0.695. The van der Waals surface area contributed by atoms with E-state index in [1.165, 1.54) is 6.07 Å². The van der Waals surface area contributed by atoms with Crippen molar-refractivity contribution in [2.24, 2.45) is 0 Å². The Hall–Kier alpha value is -2.78. The lowest BCUT2D eigenvalue weighted by Crippen LogP contribution is -2.23. The van der Waals surface area contributed by atoms with E-state index in [0.29, 0.717) is 11.1 Å². The average molecular weight is 407 g/mol. The minimum Gasteiger partial charge on any atom is -0.236 e. The van der Waals surface area contributed by atoms with E-state index in [2.05, 4.69) is 14.7 Å². The topological polar surface area (TPSA) is 72.0 Å². The van der Waals surface area contributed by atoms with Gasteiger partial charge in [0, 0.05) is 12.1 Å². The lowest BCUT2D eigenvalue weighted by atomic mass is 10.1. The minimum absolute atomic E-state index is 0.0126. The van der Waals surface area contributed by atoms with E-state index in [4.69, 9.17) is 0 Å². The summed E-state index contributed by atoms with van der Waals surface area (Å²) in [6, 6.07) is 13.8. The van der Waals surface area contributed by atoms with Gasteiger partial charge in [-0.1, -0.05) is 30.3 Å². The van der Waals surface area contributed by atoms with Crippen molar-refractivity contribution >= 4 is 10.0 Å². The van der Waals surface area contributed by atoms with Crippen molar-refractivity contribution in [3.8, 4) is 11.3 Å². The zero-order valence-corrected chi connectivity index (χ0v) is 15.6. The molecule has 0 saturated carbocycles. The maximum Gasteiger partial charge on any atom is 0.433 e. The third-order valence-corrected chi connectivity index (χ3v) is 5.35. The van der Waals surface area contributed by atoms with Crippen LogP contribution >= 0.6 is 0 Å². The van der Waals surface area contributed by atoms with E-state index in [1.54, 1.807) is 49.4 Å². The van der Waals surface area contributed by atoms with Gasteiger partial charge in [0.05, 0.1) is 10.6 Å². The molecule has 0 bridgehead atoms. The number of halogens is 3. The van der Waals surface area contributed by atoms with Gasteiger partial charge in [0.1, 0.15) is 12.0 Å². The number of aromatic nitrogens is 2. The molecule has 2 aromatic carbocycles. The van der Waals surface area contributed by atoms with E-state index in [1.807, 2.05) is 0 Å². The standard InChI is InChI=1S/C19H16F3N3O2S/c1-13-4-2-7-16(8-13)28(26,27)25-11-14-5-3-6-15(9-14)17-10-18(19(20,21)22)24-12-23-17/h2-10,12,25H,11H2,1H3. The molecule has 0 spiro atoms. The smallest absolute Gasteiger partial charge is 0.236 e. The van der Waals surface area contributed by atoms with Crippen LogP contribution in [-0.4, -0.2) is 18.4 Å². The van der Waals surface area contributed by atoms with Crippen molar-refractivity contribution in [2.75, 3.05) is 0 Å². The van der Waals surface area contributed by atoms with Gasteiger partial charge >= 0.3 is 6.18 Å². The second-order valence-electron chi connectivity index (χ2n) is 6.13. The van der Waals surface area contributed by atoms with E-state index in [0.717, 1.165) is 18.0 Å². The highest BCUT2D eigenvalue weighted by Crippen LogP contribution is 2.29. The normalized spacial score (nSPS) is 12.1. The first-order valence-electron chi connectivity index (χ1n) is 8.20. The molecular weight excluding hydrogens is 391 g/mol. The van der Waals surface area contributed by atoms with Crippen LogP contribution in [-0.2, 0) is 22.7 Å². The second-order valence-corrected chi connectivity index (χ2v) is 7.89. The first-order chi connectivity index (χ1) is 13.1. The Labute approximate surface area is 160 Å². The largest absolute Gasteiger partial charge is 0.433 e. The molecule has 0 atom stereocenters. The number of hydrogen-bond donors (Lipinski definition) is 1. The first-order valence-corrected chi connectivity index (χ1v) is 9.68. The summed E-state index contributed by atoms with van der Waals surface area (Å²) in [4.78, 5) is 7.27. The number of aryl methyl sites for hydroxylation is 1. The molecular formula is C19H16F3N3O2S. The molecule has 0 aliphatic heterocycles. The molecule has 0 saturated heterocycles. The Morgan fingerprint density at radius 2 is 1.75 bits per heavy atom. The summed E-state index contributed by atoms with van der Waals surface area (Å²) in [6.45, 7) is 1.78. The third kappa shape index (κ3) is 4.73. The molecule has 0 fully saturated rings. The highest BCUT2D eigenvalue weighted by molar-refractivity contribution is 7.89. The fourth-order valence-electron chi connectivity index (χ4n) is 2.55.